The van der Waals surface area contributed by atoms with Crippen molar-refractivity contribution in [3.05, 3.63) is 23.8 Å². The number of hydrogen-bond acceptors (Lipinski definition) is 4. The highest BCUT2D eigenvalue weighted by Gasteiger charge is 2.15. The number of rotatable bonds is 1. The van der Waals surface area contributed by atoms with Gasteiger partial charge in [0.25, 0.3) is 0 Å². The van der Waals surface area contributed by atoms with E-state index in [2.05, 4.69) is 17.0 Å². The van der Waals surface area contributed by atoms with Crippen molar-refractivity contribution in [2.24, 2.45) is 5.92 Å². The Balaban J connectivity index is 2.28. The van der Waals surface area contributed by atoms with Gasteiger partial charge in [0.05, 0.1) is 25.0 Å². The van der Waals surface area contributed by atoms with Crippen molar-refractivity contribution in [1.29, 1.82) is 0 Å². The minimum atomic E-state index is -0.344. The smallest absolute Gasteiger partial charge is 0.337 e. The zero-order valence-corrected chi connectivity index (χ0v) is 9.45. The third kappa shape index (κ3) is 2.10. The Kier molecular flexibility index (Phi) is 2.99. The van der Waals surface area contributed by atoms with Crippen LogP contribution in [0.3, 0.4) is 0 Å². The number of anilines is 1. The summed E-state index contributed by atoms with van der Waals surface area (Å²) in [5, 5.41) is 3.28. The first-order valence-electron chi connectivity index (χ1n) is 5.29. The molecule has 0 bridgehead atoms. The number of ether oxygens (including phenoxy) is 2. The summed E-state index contributed by atoms with van der Waals surface area (Å²) in [5.74, 6) is 0.824. The molecule has 1 atom stereocenters. The maximum atomic E-state index is 11.4. The summed E-state index contributed by atoms with van der Waals surface area (Å²) in [6, 6.07) is 5.29. The van der Waals surface area contributed by atoms with Gasteiger partial charge in [0, 0.05) is 12.5 Å². The molecule has 1 aliphatic rings. The average molecular weight is 221 g/mol. The lowest BCUT2D eigenvalue weighted by atomic mass is 10.2. The number of benzene rings is 1. The lowest BCUT2D eigenvalue weighted by Crippen LogP contribution is -2.13. The summed E-state index contributed by atoms with van der Waals surface area (Å²) in [5.41, 5.74) is 1.44. The van der Waals surface area contributed by atoms with Gasteiger partial charge in [-0.1, -0.05) is 6.92 Å². The fourth-order valence-electron chi connectivity index (χ4n) is 1.61. The summed E-state index contributed by atoms with van der Waals surface area (Å²) < 4.78 is 10.3. The fourth-order valence-corrected chi connectivity index (χ4v) is 1.61. The maximum absolute atomic E-state index is 11.4. The second kappa shape index (κ2) is 4.43. The highest BCUT2D eigenvalue weighted by atomic mass is 16.5. The lowest BCUT2D eigenvalue weighted by molar-refractivity contribution is 0.0600. The molecular weight excluding hydrogens is 206 g/mol. The first kappa shape index (κ1) is 10.8. The van der Waals surface area contributed by atoms with Crippen LogP contribution in [0.25, 0.3) is 0 Å². The Bertz CT molecular complexity index is 403. The molecule has 0 fully saturated rings. The van der Waals surface area contributed by atoms with E-state index >= 15 is 0 Å². The van der Waals surface area contributed by atoms with Crippen molar-refractivity contribution < 1.29 is 14.3 Å². The molecule has 1 aromatic carbocycles. The van der Waals surface area contributed by atoms with Crippen molar-refractivity contribution in [3.8, 4) is 5.75 Å². The highest BCUT2D eigenvalue weighted by molar-refractivity contribution is 5.90. The Morgan fingerprint density at radius 3 is 3.12 bits per heavy atom. The van der Waals surface area contributed by atoms with Crippen LogP contribution in [0.15, 0.2) is 18.2 Å². The van der Waals surface area contributed by atoms with E-state index in [1.54, 1.807) is 12.1 Å². The number of hydrogen-bond donors (Lipinski definition) is 1. The molecule has 2 rings (SSSR count). The molecule has 1 heterocycles. The zero-order chi connectivity index (χ0) is 11.5. The van der Waals surface area contributed by atoms with E-state index in [1.807, 2.05) is 6.07 Å². The fraction of sp³-hybridized carbons (Fsp3) is 0.417. The molecule has 4 nitrogen and oxygen atoms in total. The van der Waals surface area contributed by atoms with Crippen LogP contribution in [-0.4, -0.2) is 26.2 Å². The number of nitrogens with one attached hydrogen (secondary N) is 1. The summed E-state index contributed by atoms with van der Waals surface area (Å²) in [6.45, 7) is 3.65. The van der Waals surface area contributed by atoms with E-state index < -0.39 is 0 Å². The molecule has 1 N–H and O–H groups in total. The van der Waals surface area contributed by atoms with Gasteiger partial charge in [-0.05, 0) is 18.2 Å². The molecule has 0 amide bonds. The van der Waals surface area contributed by atoms with Gasteiger partial charge in [-0.3, -0.25) is 0 Å². The van der Waals surface area contributed by atoms with Crippen LogP contribution in [-0.2, 0) is 4.74 Å². The van der Waals surface area contributed by atoms with Gasteiger partial charge in [-0.25, -0.2) is 4.79 Å². The Morgan fingerprint density at radius 1 is 1.56 bits per heavy atom. The average Bonchev–Trinajstić information content (AvgIpc) is 2.50. The van der Waals surface area contributed by atoms with Gasteiger partial charge in [0.1, 0.15) is 5.75 Å². The van der Waals surface area contributed by atoms with Crippen molar-refractivity contribution in [2.75, 3.05) is 25.6 Å². The molecule has 0 radical (unpaired) electrons. The molecular formula is C12H15NO3. The molecule has 4 heteroatoms. The largest absolute Gasteiger partial charge is 0.491 e. The summed E-state index contributed by atoms with van der Waals surface area (Å²) >= 11 is 0. The predicted molar refractivity (Wildman–Crippen MR) is 60.9 cm³/mol. The van der Waals surface area contributed by atoms with Crippen molar-refractivity contribution in [1.82, 2.24) is 0 Å². The number of esters is 1. The number of methoxy groups -OCH3 is 1. The van der Waals surface area contributed by atoms with Crippen molar-refractivity contribution in [3.63, 3.8) is 0 Å². The molecule has 0 spiro atoms. The molecule has 0 saturated heterocycles. The van der Waals surface area contributed by atoms with Gasteiger partial charge >= 0.3 is 5.97 Å². The topological polar surface area (TPSA) is 47.6 Å². The minimum absolute atomic E-state index is 0.344. The second-order valence-corrected chi connectivity index (χ2v) is 4.00. The van der Waals surface area contributed by atoms with Gasteiger partial charge in [-0.15, -0.1) is 0 Å². The van der Waals surface area contributed by atoms with Crippen LogP contribution in [0.4, 0.5) is 5.69 Å². The predicted octanol–water partition coefficient (Wildman–Crippen LogP) is 1.91. The first-order chi connectivity index (χ1) is 7.70. The van der Waals surface area contributed by atoms with E-state index in [0.717, 1.165) is 12.2 Å². The Hall–Kier alpha value is -1.71. The van der Waals surface area contributed by atoms with Crippen molar-refractivity contribution >= 4 is 11.7 Å². The van der Waals surface area contributed by atoms with Gasteiger partial charge < -0.3 is 14.8 Å². The van der Waals surface area contributed by atoms with E-state index in [9.17, 15) is 4.79 Å². The van der Waals surface area contributed by atoms with Crippen LogP contribution < -0.4 is 10.1 Å². The summed E-state index contributed by atoms with van der Waals surface area (Å²) in [6.07, 6.45) is 0. The molecule has 0 aliphatic carbocycles. The second-order valence-electron chi connectivity index (χ2n) is 4.00. The molecule has 1 aromatic rings. The summed E-state index contributed by atoms with van der Waals surface area (Å²) in [4.78, 5) is 11.4. The monoisotopic (exact) mass is 221 g/mol. The van der Waals surface area contributed by atoms with E-state index in [-0.39, 0.29) is 5.97 Å². The van der Waals surface area contributed by atoms with Crippen molar-refractivity contribution in [2.45, 2.75) is 6.92 Å². The SMILES string of the molecule is COC(=O)c1ccc2c(c1)OC[C@@H](C)CN2. The standard InChI is InChI=1S/C12H15NO3/c1-8-6-13-10-4-3-9(12(14)15-2)5-11(10)16-7-8/h3-5,8,13H,6-7H2,1-2H3/t8-/m0/s1. The van der Waals surface area contributed by atoms with Gasteiger partial charge in [0.2, 0.25) is 0 Å². The van der Waals surface area contributed by atoms with E-state index in [0.29, 0.717) is 23.8 Å². The first-order valence-corrected chi connectivity index (χ1v) is 5.29. The normalized spacial score (nSPS) is 18.8. The molecule has 1 aliphatic heterocycles. The van der Waals surface area contributed by atoms with Crippen LogP contribution in [0.1, 0.15) is 17.3 Å². The quantitative estimate of drug-likeness (QED) is 0.736. The van der Waals surface area contributed by atoms with Crippen LogP contribution in [0.2, 0.25) is 0 Å². The molecule has 0 unspecified atom stereocenters. The van der Waals surface area contributed by atoms with E-state index in [1.165, 1.54) is 7.11 Å². The third-order valence-corrected chi connectivity index (χ3v) is 2.57. The van der Waals surface area contributed by atoms with E-state index in [4.69, 9.17) is 4.74 Å². The number of fused-ring (bicyclic) bond motifs is 1. The Morgan fingerprint density at radius 2 is 2.38 bits per heavy atom. The van der Waals surface area contributed by atoms with Crippen LogP contribution >= 0.6 is 0 Å². The Labute approximate surface area is 94.6 Å². The lowest BCUT2D eigenvalue weighted by Gasteiger charge is -2.08. The van der Waals surface area contributed by atoms with Gasteiger partial charge in [0.15, 0.2) is 0 Å². The molecule has 16 heavy (non-hydrogen) atoms. The van der Waals surface area contributed by atoms with Crippen LogP contribution in [0.5, 0.6) is 5.75 Å². The summed E-state index contributed by atoms with van der Waals surface area (Å²) in [7, 11) is 1.37. The third-order valence-electron chi connectivity index (χ3n) is 2.57. The minimum Gasteiger partial charge on any atom is -0.491 e. The molecule has 86 valence electrons. The maximum Gasteiger partial charge on any atom is 0.337 e. The highest BCUT2D eigenvalue weighted by Crippen LogP contribution is 2.28. The zero-order valence-electron chi connectivity index (χ0n) is 9.45. The molecule has 0 saturated carbocycles. The van der Waals surface area contributed by atoms with Gasteiger partial charge in [-0.2, -0.15) is 0 Å². The van der Waals surface area contributed by atoms with Crippen LogP contribution in [0, 0.1) is 5.92 Å². The molecule has 0 aromatic heterocycles. The number of carbonyl (C=O) groups excluding carboxylic acids is 1. The number of carbonyl (C=O) groups is 1.